The van der Waals surface area contributed by atoms with Gasteiger partial charge in [-0.15, -0.1) is 0 Å². The van der Waals surface area contributed by atoms with E-state index in [9.17, 15) is 9.59 Å². The molecule has 1 amide bonds. The number of para-hydroxylation sites is 1. The summed E-state index contributed by atoms with van der Waals surface area (Å²) in [7, 11) is 1.50. The maximum Gasteiger partial charge on any atom is 0.313 e. The lowest BCUT2D eigenvalue weighted by molar-refractivity contribution is -0.133. The number of aromatic nitrogens is 1. The second kappa shape index (κ2) is 7.46. The first-order chi connectivity index (χ1) is 10.6. The van der Waals surface area contributed by atoms with E-state index in [2.05, 4.69) is 10.3 Å². The fourth-order valence-corrected chi connectivity index (χ4v) is 2.27. The maximum atomic E-state index is 12.2. The molecule has 2 rings (SSSR count). The number of amides is 1. The van der Waals surface area contributed by atoms with Crippen molar-refractivity contribution in [2.24, 2.45) is 0 Å². The van der Waals surface area contributed by atoms with Crippen molar-refractivity contribution in [2.75, 3.05) is 18.2 Å². The van der Waals surface area contributed by atoms with Crippen LogP contribution in [0.3, 0.4) is 0 Å². The van der Waals surface area contributed by atoms with Crippen molar-refractivity contribution in [3.63, 3.8) is 0 Å². The predicted octanol–water partition coefficient (Wildman–Crippen LogP) is 2.52. The fraction of sp³-hybridized carbons (Fsp3) is 0.133. The number of aliphatic carboxylic acids is 1. The van der Waals surface area contributed by atoms with Crippen LogP contribution < -0.4 is 10.1 Å². The van der Waals surface area contributed by atoms with E-state index in [1.807, 2.05) is 0 Å². The zero-order valence-corrected chi connectivity index (χ0v) is 12.6. The molecule has 7 heteroatoms. The van der Waals surface area contributed by atoms with Crippen LogP contribution in [0.4, 0.5) is 5.69 Å². The molecule has 2 N–H and O–H groups in total. The average molecular weight is 318 g/mol. The Kier molecular flexibility index (Phi) is 5.37. The molecular weight excluding hydrogens is 304 g/mol. The van der Waals surface area contributed by atoms with Crippen LogP contribution >= 0.6 is 11.8 Å². The molecule has 6 nitrogen and oxygen atoms in total. The van der Waals surface area contributed by atoms with Gasteiger partial charge in [-0.3, -0.25) is 9.59 Å². The van der Waals surface area contributed by atoms with Crippen LogP contribution in [-0.2, 0) is 4.79 Å². The Morgan fingerprint density at radius 2 is 2.05 bits per heavy atom. The molecule has 0 aliphatic rings. The van der Waals surface area contributed by atoms with Gasteiger partial charge in [0.15, 0.2) is 0 Å². The van der Waals surface area contributed by atoms with Gasteiger partial charge in [-0.1, -0.05) is 23.9 Å². The molecule has 2 aromatic rings. The van der Waals surface area contributed by atoms with Crippen LogP contribution in [0.5, 0.6) is 5.75 Å². The zero-order valence-electron chi connectivity index (χ0n) is 11.8. The number of carbonyl (C=O) groups excluding carboxylic acids is 1. The topological polar surface area (TPSA) is 88.5 Å². The molecule has 0 saturated carbocycles. The first-order valence-corrected chi connectivity index (χ1v) is 7.33. The molecule has 0 saturated heterocycles. The Bertz CT molecular complexity index is 673. The third-order valence-electron chi connectivity index (χ3n) is 2.69. The van der Waals surface area contributed by atoms with Crippen LogP contribution in [-0.4, -0.2) is 34.8 Å². The highest BCUT2D eigenvalue weighted by molar-refractivity contribution is 7.99. The first-order valence-electron chi connectivity index (χ1n) is 6.35. The number of carboxylic acids is 1. The van der Waals surface area contributed by atoms with E-state index in [4.69, 9.17) is 9.84 Å². The summed E-state index contributed by atoms with van der Waals surface area (Å²) in [6, 6.07) is 10.2. The summed E-state index contributed by atoms with van der Waals surface area (Å²) in [6.45, 7) is 0. The van der Waals surface area contributed by atoms with E-state index in [0.717, 1.165) is 11.8 Å². The monoisotopic (exact) mass is 318 g/mol. The van der Waals surface area contributed by atoms with Crippen molar-refractivity contribution in [2.45, 2.75) is 5.03 Å². The number of anilines is 1. The SMILES string of the molecule is COc1ccccc1C(=O)Nc1ccc(SCC(=O)O)nc1. The lowest BCUT2D eigenvalue weighted by atomic mass is 10.2. The molecule has 0 unspecified atom stereocenters. The van der Waals surface area contributed by atoms with Crippen LogP contribution in [0.1, 0.15) is 10.4 Å². The van der Waals surface area contributed by atoms with Crippen molar-refractivity contribution in [3.05, 3.63) is 48.2 Å². The van der Waals surface area contributed by atoms with Gasteiger partial charge in [0.25, 0.3) is 5.91 Å². The number of thioether (sulfide) groups is 1. The van der Waals surface area contributed by atoms with Gasteiger partial charge < -0.3 is 15.2 Å². The zero-order chi connectivity index (χ0) is 15.9. The van der Waals surface area contributed by atoms with Crippen molar-refractivity contribution in [1.82, 2.24) is 4.98 Å². The summed E-state index contributed by atoms with van der Waals surface area (Å²) in [4.78, 5) is 26.8. The number of rotatable bonds is 6. The van der Waals surface area contributed by atoms with Crippen molar-refractivity contribution >= 4 is 29.3 Å². The molecule has 22 heavy (non-hydrogen) atoms. The van der Waals surface area contributed by atoms with E-state index in [0.29, 0.717) is 22.0 Å². The molecule has 114 valence electrons. The van der Waals surface area contributed by atoms with Gasteiger partial charge in [0.05, 0.1) is 35.3 Å². The van der Waals surface area contributed by atoms with E-state index < -0.39 is 5.97 Å². The first kappa shape index (κ1) is 15.8. The largest absolute Gasteiger partial charge is 0.496 e. The van der Waals surface area contributed by atoms with E-state index in [1.54, 1.807) is 36.4 Å². The van der Waals surface area contributed by atoms with Crippen molar-refractivity contribution in [1.29, 1.82) is 0 Å². The number of nitrogens with zero attached hydrogens (tertiary/aromatic N) is 1. The number of hydrogen-bond donors (Lipinski definition) is 2. The Hall–Kier alpha value is -2.54. The van der Waals surface area contributed by atoms with Gasteiger partial charge in [-0.05, 0) is 24.3 Å². The highest BCUT2D eigenvalue weighted by atomic mass is 32.2. The number of hydrogen-bond acceptors (Lipinski definition) is 5. The number of ether oxygens (including phenoxy) is 1. The number of benzene rings is 1. The Balaban J connectivity index is 2.04. The van der Waals surface area contributed by atoms with Gasteiger partial charge in [0, 0.05) is 0 Å². The third kappa shape index (κ3) is 4.23. The summed E-state index contributed by atoms with van der Waals surface area (Å²) >= 11 is 1.12. The molecule has 0 aliphatic carbocycles. The average Bonchev–Trinajstić information content (AvgIpc) is 2.54. The number of nitrogens with one attached hydrogen (secondary N) is 1. The van der Waals surface area contributed by atoms with Gasteiger partial charge in [0.1, 0.15) is 5.75 Å². The molecule has 1 heterocycles. The molecule has 0 bridgehead atoms. The molecule has 0 fully saturated rings. The summed E-state index contributed by atoms with van der Waals surface area (Å²) in [5.74, 6) is -0.771. The van der Waals surface area contributed by atoms with E-state index in [-0.39, 0.29) is 11.7 Å². The molecular formula is C15H14N2O4S. The summed E-state index contributed by atoms with van der Waals surface area (Å²) in [5.41, 5.74) is 0.949. The molecule has 0 spiro atoms. The van der Waals surface area contributed by atoms with Crippen LogP contribution in [0.25, 0.3) is 0 Å². The number of carboxylic acid groups (broad SMARTS) is 1. The molecule has 0 atom stereocenters. The van der Waals surface area contributed by atoms with Gasteiger partial charge >= 0.3 is 5.97 Å². The van der Waals surface area contributed by atoms with Gasteiger partial charge in [-0.25, -0.2) is 4.98 Å². The predicted molar refractivity (Wildman–Crippen MR) is 83.5 cm³/mol. The smallest absolute Gasteiger partial charge is 0.313 e. The normalized spacial score (nSPS) is 10.0. The summed E-state index contributed by atoms with van der Waals surface area (Å²) in [6.07, 6.45) is 1.48. The summed E-state index contributed by atoms with van der Waals surface area (Å²) in [5, 5.41) is 11.9. The number of methoxy groups -OCH3 is 1. The minimum absolute atomic E-state index is 0.0556. The molecule has 1 aromatic heterocycles. The second-order valence-corrected chi connectivity index (χ2v) is 5.22. The van der Waals surface area contributed by atoms with Gasteiger partial charge in [-0.2, -0.15) is 0 Å². The molecule has 0 radical (unpaired) electrons. The summed E-state index contributed by atoms with van der Waals surface area (Å²) < 4.78 is 5.14. The molecule has 0 aliphatic heterocycles. The van der Waals surface area contributed by atoms with Crippen LogP contribution in [0.2, 0.25) is 0 Å². The maximum absolute atomic E-state index is 12.2. The molecule has 1 aromatic carbocycles. The van der Waals surface area contributed by atoms with E-state index >= 15 is 0 Å². The Labute approximate surface area is 131 Å². The van der Waals surface area contributed by atoms with Crippen molar-refractivity contribution < 1.29 is 19.4 Å². The van der Waals surface area contributed by atoms with Crippen molar-refractivity contribution in [3.8, 4) is 5.75 Å². The Morgan fingerprint density at radius 1 is 1.27 bits per heavy atom. The van der Waals surface area contributed by atoms with E-state index in [1.165, 1.54) is 13.3 Å². The lowest BCUT2D eigenvalue weighted by Crippen LogP contribution is -2.13. The highest BCUT2D eigenvalue weighted by Gasteiger charge is 2.11. The number of carbonyl (C=O) groups is 2. The minimum atomic E-state index is -0.902. The van der Waals surface area contributed by atoms with Gasteiger partial charge in [0.2, 0.25) is 0 Å². The highest BCUT2D eigenvalue weighted by Crippen LogP contribution is 2.20. The Morgan fingerprint density at radius 3 is 2.68 bits per heavy atom. The van der Waals surface area contributed by atoms with Crippen LogP contribution in [0.15, 0.2) is 47.6 Å². The van der Waals surface area contributed by atoms with Crippen LogP contribution in [0, 0.1) is 0 Å². The second-order valence-electron chi connectivity index (χ2n) is 4.22. The minimum Gasteiger partial charge on any atom is -0.496 e. The lowest BCUT2D eigenvalue weighted by Gasteiger charge is -2.09. The quantitative estimate of drug-likeness (QED) is 0.796. The third-order valence-corrected chi connectivity index (χ3v) is 3.62. The fourth-order valence-electron chi connectivity index (χ4n) is 1.71. The standard InChI is InChI=1S/C15H14N2O4S/c1-21-12-5-3-2-4-11(12)15(20)17-10-6-7-13(16-8-10)22-9-14(18)19/h2-8H,9H2,1H3,(H,17,20)(H,18,19). The number of pyridine rings is 1.